The van der Waals surface area contributed by atoms with Crippen molar-refractivity contribution in [3.8, 4) is 5.75 Å². The summed E-state index contributed by atoms with van der Waals surface area (Å²) in [6.45, 7) is 6.47. The number of ether oxygens (including phenoxy) is 1. The van der Waals surface area contributed by atoms with Crippen LogP contribution in [0.5, 0.6) is 5.75 Å². The van der Waals surface area contributed by atoms with Crippen molar-refractivity contribution < 1.29 is 9.53 Å². The highest BCUT2D eigenvalue weighted by Crippen LogP contribution is 2.27. The van der Waals surface area contributed by atoms with Crippen LogP contribution < -0.4 is 10.1 Å². The fourth-order valence-corrected chi connectivity index (χ4v) is 3.67. The molecule has 0 spiro atoms. The van der Waals surface area contributed by atoms with Gasteiger partial charge in [0.25, 0.3) is 5.91 Å². The number of hydrogen-bond donors (Lipinski definition) is 1. The molecule has 7 nitrogen and oxygen atoms in total. The lowest BCUT2D eigenvalue weighted by atomic mass is 10.1. The third-order valence-electron chi connectivity index (χ3n) is 5.35. The lowest BCUT2D eigenvalue weighted by molar-refractivity contribution is 0.102. The van der Waals surface area contributed by atoms with Gasteiger partial charge in [-0.2, -0.15) is 0 Å². The molecule has 0 radical (unpaired) electrons. The molecule has 28 heavy (non-hydrogen) atoms. The fraction of sp³-hybridized carbons (Fsp3) is 0.381. The maximum atomic E-state index is 12.7. The number of nitrogens with one attached hydrogen (secondary N) is 1. The molecule has 1 atom stereocenters. The first-order valence-corrected chi connectivity index (χ1v) is 9.59. The number of amides is 1. The number of carbonyl (C=O) groups is 1. The van der Waals surface area contributed by atoms with E-state index in [1.54, 1.807) is 13.2 Å². The van der Waals surface area contributed by atoms with Gasteiger partial charge in [0.15, 0.2) is 5.65 Å². The van der Waals surface area contributed by atoms with Crippen LogP contribution in [0.1, 0.15) is 42.4 Å². The molecule has 0 unspecified atom stereocenters. The van der Waals surface area contributed by atoms with Crippen LogP contribution in [-0.2, 0) is 0 Å². The van der Waals surface area contributed by atoms with Gasteiger partial charge >= 0.3 is 0 Å². The highest BCUT2D eigenvalue weighted by atomic mass is 16.5. The second-order valence-corrected chi connectivity index (χ2v) is 7.46. The summed E-state index contributed by atoms with van der Waals surface area (Å²) in [6, 6.07) is 11.4. The summed E-state index contributed by atoms with van der Waals surface area (Å²) < 4.78 is 7.10. The van der Waals surface area contributed by atoms with Gasteiger partial charge in [0.05, 0.1) is 12.7 Å². The minimum atomic E-state index is -0.165. The molecule has 0 bridgehead atoms. The molecule has 1 fully saturated rings. The molecular weight excluding hydrogens is 354 g/mol. The lowest BCUT2D eigenvalue weighted by Crippen LogP contribution is -2.28. The zero-order valence-electron chi connectivity index (χ0n) is 16.4. The Morgan fingerprint density at radius 1 is 1.18 bits per heavy atom. The van der Waals surface area contributed by atoms with E-state index >= 15 is 0 Å². The number of aromatic nitrogens is 3. The monoisotopic (exact) mass is 379 g/mol. The third-order valence-corrected chi connectivity index (χ3v) is 5.35. The summed E-state index contributed by atoms with van der Waals surface area (Å²) >= 11 is 0. The van der Waals surface area contributed by atoms with Crippen molar-refractivity contribution in [1.29, 1.82) is 0 Å². The molecule has 3 heterocycles. The van der Waals surface area contributed by atoms with Crippen molar-refractivity contribution in [2.75, 3.05) is 25.5 Å². The van der Waals surface area contributed by atoms with Crippen LogP contribution in [0.4, 0.5) is 5.69 Å². The minimum Gasteiger partial charge on any atom is -0.497 e. The van der Waals surface area contributed by atoms with Crippen molar-refractivity contribution in [3.05, 3.63) is 54.0 Å². The van der Waals surface area contributed by atoms with Crippen molar-refractivity contribution in [1.82, 2.24) is 19.5 Å². The van der Waals surface area contributed by atoms with Gasteiger partial charge in [-0.3, -0.25) is 9.20 Å². The highest BCUT2D eigenvalue weighted by molar-refractivity contribution is 6.04. The standard InChI is InChI=1S/C21H25N5O2/c1-14(2)25-11-10-15(12-25)20-24-23-19-9-4-16(13-26(19)20)21(27)22-17-5-7-18(28-3)8-6-17/h4-9,13-15H,10-12H2,1-3H3,(H,22,27)/t15-/m0/s1. The smallest absolute Gasteiger partial charge is 0.257 e. The van der Waals surface area contributed by atoms with Gasteiger partial charge in [-0.05, 0) is 63.2 Å². The Labute approximate surface area is 164 Å². The van der Waals surface area contributed by atoms with Gasteiger partial charge in [0, 0.05) is 30.4 Å². The SMILES string of the molecule is COc1ccc(NC(=O)c2ccc3nnc([C@H]4CCN(C(C)C)C4)n3c2)cc1. The van der Waals surface area contributed by atoms with E-state index in [4.69, 9.17) is 4.74 Å². The van der Waals surface area contributed by atoms with Gasteiger partial charge in [-0.1, -0.05) is 0 Å². The number of anilines is 1. The van der Waals surface area contributed by atoms with Crippen LogP contribution in [0, 0.1) is 0 Å². The first-order valence-electron chi connectivity index (χ1n) is 9.59. The van der Waals surface area contributed by atoms with Gasteiger partial charge in [0.1, 0.15) is 11.6 Å². The number of likely N-dealkylation sites (tertiary alicyclic amines) is 1. The highest BCUT2D eigenvalue weighted by Gasteiger charge is 2.29. The minimum absolute atomic E-state index is 0.165. The fourth-order valence-electron chi connectivity index (χ4n) is 3.67. The Balaban J connectivity index is 1.56. The Morgan fingerprint density at radius 2 is 1.96 bits per heavy atom. The maximum Gasteiger partial charge on any atom is 0.257 e. The van der Waals surface area contributed by atoms with Crippen molar-refractivity contribution >= 4 is 17.2 Å². The number of benzene rings is 1. The van der Waals surface area contributed by atoms with E-state index in [-0.39, 0.29) is 5.91 Å². The molecule has 4 rings (SSSR count). The summed E-state index contributed by atoms with van der Waals surface area (Å²) in [5.41, 5.74) is 2.06. The number of nitrogens with zero attached hydrogens (tertiary/aromatic N) is 4. The molecule has 3 aromatic rings. The molecule has 146 valence electrons. The van der Waals surface area contributed by atoms with Crippen LogP contribution >= 0.6 is 0 Å². The van der Waals surface area contributed by atoms with Crippen LogP contribution in [0.15, 0.2) is 42.6 Å². The zero-order valence-corrected chi connectivity index (χ0v) is 16.4. The van der Waals surface area contributed by atoms with Crippen molar-refractivity contribution in [2.24, 2.45) is 0 Å². The van der Waals surface area contributed by atoms with E-state index in [1.807, 2.05) is 40.9 Å². The van der Waals surface area contributed by atoms with Crippen LogP contribution in [0.25, 0.3) is 5.65 Å². The van der Waals surface area contributed by atoms with E-state index in [2.05, 4.69) is 34.3 Å². The van der Waals surface area contributed by atoms with E-state index in [0.717, 1.165) is 42.4 Å². The molecule has 1 aromatic carbocycles. The maximum absolute atomic E-state index is 12.7. The molecule has 1 aliphatic heterocycles. The number of carbonyl (C=O) groups excluding carboxylic acids is 1. The zero-order chi connectivity index (χ0) is 19.7. The average Bonchev–Trinajstić information content (AvgIpc) is 3.35. The van der Waals surface area contributed by atoms with Crippen LogP contribution in [0.2, 0.25) is 0 Å². The number of fused-ring (bicyclic) bond motifs is 1. The van der Waals surface area contributed by atoms with Gasteiger partial charge in [0.2, 0.25) is 0 Å². The predicted octanol–water partition coefficient (Wildman–Crippen LogP) is 3.19. The van der Waals surface area contributed by atoms with Crippen LogP contribution in [-0.4, -0.2) is 51.6 Å². The molecule has 7 heteroatoms. The van der Waals surface area contributed by atoms with Crippen molar-refractivity contribution in [2.45, 2.75) is 32.2 Å². The topological polar surface area (TPSA) is 71.8 Å². The molecular formula is C21H25N5O2. The second kappa shape index (κ2) is 7.59. The van der Waals surface area contributed by atoms with Crippen molar-refractivity contribution in [3.63, 3.8) is 0 Å². The summed E-state index contributed by atoms with van der Waals surface area (Å²) in [4.78, 5) is 15.2. The van der Waals surface area contributed by atoms with E-state index in [1.165, 1.54) is 0 Å². The summed E-state index contributed by atoms with van der Waals surface area (Å²) in [5.74, 6) is 1.84. The molecule has 1 N–H and O–H groups in total. The third kappa shape index (κ3) is 3.57. The number of hydrogen-bond acceptors (Lipinski definition) is 5. The largest absolute Gasteiger partial charge is 0.497 e. The average molecular weight is 379 g/mol. The Morgan fingerprint density at radius 3 is 2.64 bits per heavy atom. The number of methoxy groups -OCH3 is 1. The lowest BCUT2D eigenvalue weighted by Gasteiger charge is -2.19. The Kier molecular flexibility index (Phi) is 5.00. The van der Waals surface area contributed by atoms with Gasteiger partial charge in [-0.25, -0.2) is 0 Å². The van der Waals surface area contributed by atoms with E-state index < -0.39 is 0 Å². The Bertz CT molecular complexity index is 980. The first-order chi connectivity index (χ1) is 13.5. The summed E-state index contributed by atoms with van der Waals surface area (Å²) in [7, 11) is 1.62. The summed E-state index contributed by atoms with van der Waals surface area (Å²) in [6.07, 6.45) is 2.89. The van der Waals surface area contributed by atoms with E-state index in [0.29, 0.717) is 17.5 Å². The predicted molar refractivity (Wildman–Crippen MR) is 108 cm³/mol. The van der Waals surface area contributed by atoms with Gasteiger partial charge in [-0.15, -0.1) is 10.2 Å². The second-order valence-electron chi connectivity index (χ2n) is 7.46. The Hall–Kier alpha value is -2.93. The quantitative estimate of drug-likeness (QED) is 0.737. The molecule has 0 saturated carbocycles. The molecule has 1 amide bonds. The molecule has 1 aliphatic rings. The molecule has 2 aromatic heterocycles. The first kappa shape index (κ1) is 18.4. The normalized spacial score (nSPS) is 17.4. The molecule has 1 saturated heterocycles. The van der Waals surface area contributed by atoms with E-state index in [9.17, 15) is 4.79 Å². The molecule has 0 aliphatic carbocycles. The number of pyridine rings is 1. The summed E-state index contributed by atoms with van der Waals surface area (Å²) in [5, 5.41) is 11.6. The van der Waals surface area contributed by atoms with Gasteiger partial charge < -0.3 is 15.0 Å². The van der Waals surface area contributed by atoms with Crippen LogP contribution in [0.3, 0.4) is 0 Å². The number of rotatable bonds is 5.